The van der Waals surface area contributed by atoms with E-state index in [2.05, 4.69) is 20.5 Å². The number of anilines is 2. The van der Waals surface area contributed by atoms with Gasteiger partial charge < -0.3 is 15.3 Å². The van der Waals surface area contributed by atoms with Gasteiger partial charge in [-0.05, 0) is 25.0 Å². The number of aliphatic hydroxyl groups excluding tert-OH is 1. The zero-order valence-corrected chi connectivity index (χ0v) is 15.8. The topological polar surface area (TPSA) is 94.1 Å². The van der Waals surface area contributed by atoms with E-state index in [-0.39, 0.29) is 23.0 Å². The molecule has 31 heavy (non-hydrogen) atoms. The minimum atomic E-state index is -4.85. The zero-order chi connectivity index (χ0) is 22.6. The van der Waals surface area contributed by atoms with Crippen molar-refractivity contribution in [1.82, 2.24) is 15.2 Å². The molecule has 4 heterocycles. The average molecular weight is 449 g/mol. The molecule has 4 rings (SSSR count). The molecule has 2 aromatic rings. The van der Waals surface area contributed by atoms with Crippen molar-refractivity contribution >= 4 is 17.4 Å². The van der Waals surface area contributed by atoms with Gasteiger partial charge in [-0.2, -0.15) is 31.4 Å². The lowest BCUT2D eigenvalue weighted by Crippen LogP contribution is -2.44. The molecule has 1 saturated heterocycles. The van der Waals surface area contributed by atoms with Crippen molar-refractivity contribution in [2.24, 2.45) is 0 Å². The molecule has 13 heteroatoms. The van der Waals surface area contributed by atoms with Crippen LogP contribution in [0.4, 0.5) is 37.8 Å². The van der Waals surface area contributed by atoms with Crippen LogP contribution < -0.4 is 10.2 Å². The smallest absolute Gasteiger partial charge is 0.382 e. The molecular formula is C18H17F6N5O2. The molecule has 2 atom stereocenters. The molecule has 0 unspecified atom stereocenters. The lowest BCUT2D eigenvalue weighted by Gasteiger charge is -2.35. The third kappa shape index (κ3) is 3.93. The fraction of sp³-hybridized carbons (Fsp3) is 0.500. The second-order valence-corrected chi connectivity index (χ2v) is 7.51. The first-order chi connectivity index (χ1) is 14.5. The van der Waals surface area contributed by atoms with Crippen LogP contribution in [0, 0.1) is 0 Å². The molecule has 2 aromatic heterocycles. The number of nitrogens with one attached hydrogen (secondary N) is 2. The van der Waals surface area contributed by atoms with Crippen molar-refractivity contribution in [2.45, 2.75) is 43.1 Å². The summed E-state index contributed by atoms with van der Waals surface area (Å²) in [6.07, 6.45) is -9.76. The average Bonchev–Trinajstić information content (AvgIpc) is 3.10. The Morgan fingerprint density at radius 2 is 1.77 bits per heavy atom. The number of alkyl halides is 6. The molecular weight excluding hydrogens is 432 g/mol. The number of hydrogen-bond acceptors (Lipinski definition) is 5. The summed E-state index contributed by atoms with van der Waals surface area (Å²) < 4.78 is 78.8. The molecule has 0 spiro atoms. The summed E-state index contributed by atoms with van der Waals surface area (Å²) in [5.74, 6) is -4.16. The number of aliphatic hydroxyl groups is 1. The molecule has 0 aromatic carbocycles. The highest BCUT2D eigenvalue weighted by molar-refractivity contribution is 5.97. The van der Waals surface area contributed by atoms with Crippen LogP contribution >= 0.6 is 0 Å². The predicted molar refractivity (Wildman–Crippen MR) is 95.4 cm³/mol. The van der Waals surface area contributed by atoms with Gasteiger partial charge in [0.1, 0.15) is 17.7 Å². The second-order valence-electron chi connectivity index (χ2n) is 7.51. The van der Waals surface area contributed by atoms with E-state index in [0.29, 0.717) is 31.6 Å². The van der Waals surface area contributed by atoms with Crippen molar-refractivity contribution in [3.05, 3.63) is 35.3 Å². The van der Waals surface area contributed by atoms with Gasteiger partial charge in [-0.3, -0.25) is 9.89 Å². The van der Waals surface area contributed by atoms with Crippen molar-refractivity contribution in [2.75, 3.05) is 23.3 Å². The Morgan fingerprint density at radius 1 is 1.10 bits per heavy atom. The Labute approximate surface area is 171 Å². The van der Waals surface area contributed by atoms with E-state index in [1.165, 1.54) is 6.07 Å². The summed E-state index contributed by atoms with van der Waals surface area (Å²) in [5, 5.41) is 18.4. The number of pyridine rings is 1. The quantitative estimate of drug-likeness (QED) is 0.613. The molecule has 2 aliphatic rings. The number of H-pyrrole nitrogens is 1. The number of carbonyl (C=O) groups excluding carboxylic acids is 1. The summed E-state index contributed by atoms with van der Waals surface area (Å²) in [7, 11) is 0. The fourth-order valence-corrected chi connectivity index (χ4v) is 4.10. The van der Waals surface area contributed by atoms with Gasteiger partial charge in [0.15, 0.2) is 5.82 Å². The van der Waals surface area contributed by atoms with Gasteiger partial charge in [-0.25, -0.2) is 4.98 Å². The van der Waals surface area contributed by atoms with Gasteiger partial charge >= 0.3 is 12.4 Å². The van der Waals surface area contributed by atoms with Crippen LogP contribution in [0.25, 0.3) is 0 Å². The Hall–Kier alpha value is -2.83. The molecule has 2 aliphatic heterocycles. The van der Waals surface area contributed by atoms with E-state index < -0.39 is 36.0 Å². The number of amides is 1. The van der Waals surface area contributed by atoms with Crippen molar-refractivity contribution < 1.29 is 36.2 Å². The first-order valence-electron chi connectivity index (χ1n) is 9.39. The van der Waals surface area contributed by atoms with Gasteiger partial charge in [0.25, 0.3) is 5.91 Å². The van der Waals surface area contributed by atoms with Crippen LogP contribution in [0.5, 0.6) is 0 Å². The van der Waals surface area contributed by atoms with Crippen LogP contribution in [-0.2, 0) is 11.0 Å². The maximum Gasteiger partial charge on any atom is 0.433 e. The van der Waals surface area contributed by atoms with Crippen LogP contribution in [0.1, 0.15) is 41.6 Å². The minimum absolute atomic E-state index is 0.196. The highest BCUT2D eigenvalue weighted by atomic mass is 19.4. The SMILES string of the molecule is O=C1Nc2n[nH]c(C3CCN(c4ccc(C(F)(F)F)nc4)CC3)c2[C@@H](C(F)(F)F)[C@H]1O. The third-order valence-corrected chi connectivity index (χ3v) is 5.63. The van der Waals surface area contributed by atoms with Gasteiger partial charge in [-0.1, -0.05) is 0 Å². The minimum Gasteiger partial charge on any atom is -0.382 e. The van der Waals surface area contributed by atoms with E-state index in [1.807, 2.05) is 0 Å². The summed E-state index contributed by atoms with van der Waals surface area (Å²) in [6, 6.07) is 2.18. The highest BCUT2D eigenvalue weighted by Gasteiger charge is 2.53. The van der Waals surface area contributed by atoms with E-state index >= 15 is 0 Å². The number of halogens is 6. The fourth-order valence-electron chi connectivity index (χ4n) is 4.10. The summed E-state index contributed by atoms with van der Waals surface area (Å²) in [6.45, 7) is 0.744. The molecule has 7 nitrogen and oxygen atoms in total. The van der Waals surface area contributed by atoms with Gasteiger partial charge in [0.05, 0.1) is 11.9 Å². The first kappa shape index (κ1) is 21.4. The molecule has 168 valence electrons. The first-order valence-corrected chi connectivity index (χ1v) is 9.39. The van der Waals surface area contributed by atoms with Crippen LogP contribution in [-0.4, -0.2) is 51.6 Å². The van der Waals surface area contributed by atoms with Crippen LogP contribution in [0.3, 0.4) is 0 Å². The Bertz CT molecular complexity index is 963. The van der Waals surface area contributed by atoms with Crippen molar-refractivity contribution in [3.8, 4) is 0 Å². The molecule has 3 N–H and O–H groups in total. The Kier molecular flexibility index (Phi) is 5.10. The third-order valence-electron chi connectivity index (χ3n) is 5.63. The molecule has 1 amide bonds. The van der Waals surface area contributed by atoms with Gasteiger partial charge in [-0.15, -0.1) is 0 Å². The van der Waals surface area contributed by atoms with E-state index in [9.17, 15) is 36.2 Å². The van der Waals surface area contributed by atoms with E-state index in [4.69, 9.17) is 0 Å². The number of carbonyl (C=O) groups is 1. The van der Waals surface area contributed by atoms with Crippen LogP contribution in [0.15, 0.2) is 18.3 Å². The second kappa shape index (κ2) is 7.39. The number of aromatic amines is 1. The molecule has 0 aliphatic carbocycles. The summed E-state index contributed by atoms with van der Waals surface area (Å²) in [4.78, 5) is 16.9. The monoisotopic (exact) mass is 449 g/mol. The normalized spacial score (nSPS) is 22.9. The van der Waals surface area contributed by atoms with Crippen LogP contribution in [0.2, 0.25) is 0 Å². The molecule has 0 radical (unpaired) electrons. The number of rotatable bonds is 2. The summed E-state index contributed by atoms with van der Waals surface area (Å²) >= 11 is 0. The number of fused-ring (bicyclic) bond motifs is 1. The van der Waals surface area contributed by atoms with Crippen molar-refractivity contribution in [3.63, 3.8) is 0 Å². The lowest BCUT2D eigenvalue weighted by atomic mass is 9.83. The van der Waals surface area contributed by atoms with E-state index in [1.54, 1.807) is 4.90 Å². The highest BCUT2D eigenvalue weighted by Crippen LogP contribution is 2.47. The number of piperidine rings is 1. The van der Waals surface area contributed by atoms with Gasteiger partial charge in [0.2, 0.25) is 0 Å². The molecule has 1 fully saturated rings. The maximum absolute atomic E-state index is 13.6. The molecule has 0 bridgehead atoms. The Balaban J connectivity index is 1.52. The number of hydrogen-bond donors (Lipinski definition) is 3. The number of nitrogens with zero attached hydrogens (tertiary/aromatic N) is 3. The maximum atomic E-state index is 13.6. The van der Waals surface area contributed by atoms with E-state index in [0.717, 1.165) is 12.3 Å². The largest absolute Gasteiger partial charge is 0.433 e. The zero-order valence-electron chi connectivity index (χ0n) is 15.8. The number of aromatic nitrogens is 3. The predicted octanol–water partition coefficient (Wildman–Crippen LogP) is 3.17. The Morgan fingerprint density at radius 3 is 2.32 bits per heavy atom. The van der Waals surface area contributed by atoms with Gasteiger partial charge in [0, 0.05) is 30.3 Å². The molecule has 0 saturated carbocycles. The standard InChI is InChI=1S/C18H17F6N5O2/c19-17(20,21)10-2-1-9(7-25-10)29-5-3-8(4-6-29)13-11-12(18(22,23)24)14(30)16(31)26-15(11)28-27-13/h1-2,7-8,12,14,30H,3-6H2,(H2,26,27,28,31)/t12-,14-/m1/s1. The van der Waals surface area contributed by atoms with Crippen molar-refractivity contribution in [1.29, 1.82) is 0 Å². The summed E-state index contributed by atoms with van der Waals surface area (Å²) in [5.41, 5.74) is -0.598. The lowest BCUT2D eigenvalue weighted by molar-refractivity contribution is -0.177.